The number of rotatable bonds is 8. The second-order valence-corrected chi connectivity index (χ2v) is 11.1. The molecule has 0 radical (unpaired) electrons. The number of nitrogens with zero attached hydrogens (tertiary/aromatic N) is 5. The second kappa shape index (κ2) is 10.3. The molecule has 0 atom stereocenters. The van der Waals surface area contributed by atoms with E-state index < -0.39 is 0 Å². The zero-order valence-corrected chi connectivity index (χ0v) is 22.2. The van der Waals surface area contributed by atoms with Crippen molar-refractivity contribution in [3.63, 3.8) is 0 Å². The summed E-state index contributed by atoms with van der Waals surface area (Å²) in [5.41, 5.74) is 1.44. The van der Waals surface area contributed by atoms with Gasteiger partial charge in [0, 0.05) is 18.6 Å². The third kappa shape index (κ3) is 4.77. The van der Waals surface area contributed by atoms with Crippen molar-refractivity contribution in [2.45, 2.75) is 56.0 Å². The van der Waals surface area contributed by atoms with Gasteiger partial charge in [0.05, 0.1) is 18.8 Å². The first kappa shape index (κ1) is 25.4. The third-order valence-corrected chi connectivity index (χ3v) is 8.88. The Balaban J connectivity index is 1.34. The summed E-state index contributed by atoms with van der Waals surface area (Å²) in [4.78, 5) is 40.9. The number of benzene rings is 1. The molecule has 1 aromatic heterocycles. The minimum Gasteiger partial charge on any atom is -0.479 e. The first-order valence-electron chi connectivity index (χ1n) is 13.3. The molecule has 198 valence electrons. The van der Waals surface area contributed by atoms with Crippen LogP contribution in [0.3, 0.4) is 0 Å². The smallest absolute Gasteiger partial charge is 0.321 e. The van der Waals surface area contributed by atoms with E-state index in [0.717, 1.165) is 32.2 Å². The maximum Gasteiger partial charge on any atom is 0.321 e. The van der Waals surface area contributed by atoms with Crippen LogP contribution in [-0.4, -0.2) is 83.0 Å². The molecular formula is C28H38N6O3. The summed E-state index contributed by atoms with van der Waals surface area (Å²) in [6.45, 7) is 1.36. The van der Waals surface area contributed by atoms with Gasteiger partial charge in [-0.25, -0.2) is 9.78 Å². The van der Waals surface area contributed by atoms with Crippen LogP contribution in [0.1, 0.15) is 50.5 Å². The minimum atomic E-state index is -0.273. The van der Waals surface area contributed by atoms with Gasteiger partial charge in [0.15, 0.2) is 0 Å². The highest BCUT2D eigenvalue weighted by Gasteiger charge is 2.55. The minimum absolute atomic E-state index is 0.00267. The zero-order chi connectivity index (χ0) is 26.0. The van der Waals surface area contributed by atoms with Crippen LogP contribution >= 0.6 is 0 Å². The summed E-state index contributed by atoms with van der Waals surface area (Å²) in [6, 6.07) is 10.7. The van der Waals surface area contributed by atoms with E-state index in [1.54, 1.807) is 4.90 Å². The Kier molecular flexibility index (Phi) is 7.07. The largest absolute Gasteiger partial charge is 0.479 e. The molecule has 9 heteroatoms. The topological polar surface area (TPSA) is 90.9 Å². The van der Waals surface area contributed by atoms with Gasteiger partial charge in [-0.15, -0.1) is 0 Å². The molecule has 3 amide bonds. The van der Waals surface area contributed by atoms with Crippen LogP contribution in [0.25, 0.3) is 0 Å². The number of hydrogen-bond acceptors (Lipinski definition) is 6. The predicted molar refractivity (Wildman–Crippen MR) is 141 cm³/mol. The lowest BCUT2D eigenvalue weighted by Gasteiger charge is -2.51. The number of amides is 3. The molecular weight excluding hydrogens is 468 g/mol. The molecule has 0 bridgehead atoms. The van der Waals surface area contributed by atoms with Crippen molar-refractivity contribution in [2.75, 3.05) is 46.2 Å². The quantitative estimate of drug-likeness (QED) is 0.587. The van der Waals surface area contributed by atoms with E-state index in [4.69, 9.17) is 4.74 Å². The Morgan fingerprint density at radius 1 is 1.16 bits per heavy atom. The average molecular weight is 507 g/mol. The summed E-state index contributed by atoms with van der Waals surface area (Å²) in [5, 5.41) is 2.82. The Hall–Kier alpha value is -3.20. The Morgan fingerprint density at radius 2 is 1.89 bits per heavy atom. The number of methoxy groups -OCH3 is 1. The molecule has 1 N–H and O–H groups in total. The van der Waals surface area contributed by atoms with Crippen LogP contribution in [0.5, 0.6) is 5.88 Å². The van der Waals surface area contributed by atoms with Gasteiger partial charge in [0.25, 0.3) is 0 Å². The lowest BCUT2D eigenvalue weighted by atomic mass is 9.68. The standard InChI is InChI=1S/C28H38N6O3/c1-32(2)28(22-10-5-4-6-11-22)14-12-27(13-15-28)19-33(26(36)34(27)17-21-8-7-9-21)18-24(35)31-23-16-29-20-30-25(23)37-3/h4-6,10-11,16,20-21H,7-9,12-15,17-19H2,1-3H3,(H,31,35)/t27-,28+. The summed E-state index contributed by atoms with van der Waals surface area (Å²) < 4.78 is 5.22. The normalized spacial score (nSPS) is 26.0. The highest BCUT2D eigenvalue weighted by Crippen LogP contribution is 2.49. The molecule has 1 saturated heterocycles. The van der Waals surface area contributed by atoms with Gasteiger partial charge in [0.1, 0.15) is 18.6 Å². The molecule has 0 unspecified atom stereocenters. The fraction of sp³-hybridized carbons (Fsp3) is 0.571. The first-order valence-corrected chi connectivity index (χ1v) is 13.3. The van der Waals surface area contributed by atoms with Crippen LogP contribution in [0.4, 0.5) is 10.5 Å². The van der Waals surface area contributed by atoms with E-state index in [2.05, 4.69) is 69.5 Å². The van der Waals surface area contributed by atoms with Gasteiger partial charge in [-0.05, 0) is 64.1 Å². The molecule has 37 heavy (non-hydrogen) atoms. The maximum absolute atomic E-state index is 13.7. The molecule has 1 spiro atoms. The van der Waals surface area contributed by atoms with E-state index in [0.29, 0.717) is 24.0 Å². The van der Waals surface area contributed by atoms with Gasteiger partial charge < -0.3 is 19.9 Å². The number of urea groups is 1. The summed E-state index contributed by atoms with van der Waals surface area (Å²) in [7, 11) is 5.82. The molecule has 1 aromatic carbocycles. The van der Waals surface area contributed by atoms with Gasteiger partial charge in [-0.3, -0.25) is 9.69 Å². The molecule has 3 aliphatic rings. The molecule has 2 saturated carbocycles. The lowest BCUT2D eigenvalue weighted by Crippen LogP contribution is -2.56. The molecule has 2 aliphatic carbocycles. The molecule has 2 heterocycles. The molecule has 1 aliphatic heterocycles. The van der Waals surface area contributed by atoms with Crippen molar-refractivity contribution < 1.29 is 14.3 Å². The van der Waals surface area contributed by atoms with Crippen LogP contribution in [-0.2, 0) is 10.3 Å². The Bertz CT molecular complexity index is 1110. The highest BCUT2D eigenvalue weighted by molar-refractivity contribution is 5.95. The van der Waals surface area contributed by atoms with Gasteiger partial charge in [0.2, 0.25) is 11.8 Å². The van der Waals surface area contributed by atoms with E-state index in [-0.39, 0.29) is 29.6 Å². The van der Waals surface area contributed by atoms with Crippen molar-refractivity contribution in [3.8, 4) is 5.88 Å². The summed E-state index contributed by atoms with van der Waals surface area (Å²) >= 11 is 0. The highest BCUT2D eigenvalue weighted by atomic mass is 16.5. The zero-order valence-electron chi connectivity index (χ0n) is 22.2. The number of hydrogen-bond donors (Lipinski definition) is 1. The van der Waals surface area contributed by atoms with Crippen molar-refractivity contribution in [1.82, 2.24) is 24.7 Å². The second-order valence-electron chi connectivity index (χ2n) is 11.1. The number of carbonyl (C=O) groups excluding carboxylic acids is 2. The van der Waals surface area contributed by atoms with Crippen LogP contribution in [0.15, 0.2) is 42.9 Å². The van der Waals surface area contributed by atoms with Crippen molar-refractivity contribution >= 4 is 17.6 Å². The lowest BCUT2D eigenvalue weighted by molar-refractivity contribution is -0.116. The molecule has 2 aromatic rings. The summed E-state index contributed by atoms with van der Waals surface area (Å²) in [6.07, 6.45) is 10.2. The Morgan fingerprint density at radius 3 is 2.51 bits per heavy atom. The van der Waals surface area contributed by atoms with Gasteiger partial charge in [-0.2, -0.15) is 4.98 Å². The monoisotopic (exact) mass is 506 g/mol. The van der Waals surface area contributed by atoms with Crippen LogP contribution < -0.4 is 10.1 Å². The van der Waals surface area contributed by atoms with Crippen LogP contribution in [0, 0.1) is 5.92 Å². The van der Waals surface area contributed by atoms with E-state index in [1.807, 2.05) is 0 Å². The van der Waals surface area contributed by atoms with Crippen LogP contribution in [0.2, 0.25) is 0 Å². The number of anilines is 1. The van der Waals surface area contributed by atoms with Crippen molar-refractivity contribution in [1.29, 1.82) is 0 Å². The average Bonchev–Trinajstić information content (AvgIpc) is 3.12. The van der Waals surface area contributed by atoms with Gasteiger partial charge in [-0.1, -0.05) is 36.8 Å². The number of aromatic nitrogens is 2. The SMILES string of the molecule is COc1ncncc1NC(=O)CN1C[C@]2(CC[C@](c3ccccc3)(N(C)C)CC2)N(CC2CCC2)C1=O. The third-order valence-electron chi connectivity index (χ3n) is 8.88. The molecule has 3 fully saturated rings. The number of carbonyl (C=O) groups is 2. The first-order chi connectivity index (χ1) is 17.9. The molecule has 9 nitrogen and oxygen atoms in total. The number of ether oxygens (including phenoxy) is 1. The van der Waals surface area contributed by atoms with E-state index in [1.165, 1.54) is 44.5 Å². The van der Waals surface area contributed by atoms with Gasteiger partial charge >= 0.3 is 6.03 Å². The number of nitrogens with one attached hydrogen (secondary N) is 1. The fourth-order valence-corrected chi connectivity index (χ4v) is 6.44. The van der Waals surface area contributed by atoms with E-state index >= 15 is 0 Å². The maximum atomic E-state index is 13.7. The van der Waals surface area contributed by atoms with Crippen molar-refractivity contribution in [2.24, 2.45) is 5.92 Å². The summed E-state index contributed by atoms with van der Waals surface area (Å²) in [5.74, 6) is 0.590. The van der Waals surface area contributed by atoms with Crippen molar-refractivity contribution in [3.05, 3.63) is 48.4 Å². The van der Waals surface area contributed by atoms with E-state index in [9.17, 15) is 9.59 Å². The Labute approximate surface area is 219 Å². The fourth-order valence-electron chi connectivity index (χ4n) is 6.44. The molecule has 5 rings (SSSR count). The predicted octanol–water partition coefficient (Wildman–Crippen LogP) is 3.73.